The van der Waals surface area contributed by atoms with Crippen LogP contribution in [0.3, 0.4) is 0 Å². The summed E-state index contributed by atoms with van der Waals surface area (Å²) < 4.78 is 17.9. The van der Waals surface area contributed by atoms with Gasteiger partial charge in [-0.3, -0.25) is 4.79 Å². The fourth-order valence-corrected chi connectivity index (χ4v) is 1.30. The predicted octanol–water partition coefficient (Wildman–Crippen LogP) is 2.69. The number of ketones is 1. The van der Waals surface area contributed by atoms with Crippen molar-refractivity contribution in [2.45, 2.75) is 6.92 Å². The number of methoxy groups -OCH3 is 1. The van der Waals surface area contributed by atoms with Gasteiger partial charge in [0.15, 0.2) is 11.5 Å². The number of ether oxygens (including phenoxy) is 1. The molecule has 0 aliphatic carbocycles. The van der Waals surface area contributed by atoms with E-state index in [0.717, 1.165) is 6.07 Å². The first-order valence-electron chi connectivity index (χ1n) is 3.61. The summed E-state index contributed by atoms with van der Waals surface area (Å²) in [6.07, 6.45) is 0. The quantitative estimate of drug-likeness (QED) is 0.690. The Morgan fingerprint density at radius 1 is 1.54 bits per heavy atom. The first-order valence-corrected chi connectivity index (χ1v) is 3.98. The van der Waals surface area contributed by atoms with Crippen molar-refractivity contribution in [3.05, 3.63) is 28.5 Å². The normalized spacial score (nSPS) is 9.85. The fraction of sp³-hybridized carbons (Fsp3) is 0.222. The minimum Gasteiger partial charge on any atom is -0.494 e. The van der Waals surface area contributed by atoms with E-state index in [4.69, 9.17) is 16.3 Å². The van der Waals surface area contributed by atoms with Gasteiger partial charge in [0.05, 0.1) is 17.7 Å². The Hall–Kier alpha value is -1.09. The average Bonchev–Trinajstić information content (AvgIpc) is 2.07. The number of hydrogen-bond acceptors (Lipinski definition) is 2. The van der Waals surface area contributed by atoms with Crippen LogP contribution in [-0.2, 0) is 0 Å². The molecule has 0 aliphatic heterocycles. The van der Waals surface area contributed by atoms with Gasteiger partial charge in [-0.1, -0.05) is 11.6 Å². The maximum Gasteiger partial charge on any atom is 0.166 e. The largest absolute Gasteiger partial charge is 0.494 e. The van der Waals surface area contributed by atoms with Crippen LogP contribution in [0, 0.1) is 5.82 Å². The average molecular weight is 203 g/mol. The molecule has 0 saturated heterocycles. The van der Waals surface area contributed by atoms with Crippen LogP contribution in [0.4, 0.5) is 4.39 Å². The second-order valence-electron chi connectivity index (χ2n) is 2.49. The van der Waals surface area contributed by atoms with Crippen molar-refractivity contribution in [3.8, 4) is 5.75 Å². The highest BCUT2D eigenvalue weighted by Gasteiger charge is 2.16. The zero-order valence-corrected chi connectivity index (χ0v) is 7.98. The minimum atomic E-state index is -0.617. The number of hydrogen-bond donors (Lipinski definition) is 0. The highest BCUT2D eigenvalue weighted by Crippen LogP contribution is 2.30. The lowest BCUT2D eigenvalue weighted by molar-refractivity contribution is 0.101. The van der Waals surface area contributed by atoms with Gasteiger partial charge in [-0.2, -0.15) is 0 Å². The first kappa shape index (κ1) is 9.99. The molecule has 2 nitrogen and oxygen atoms in total. The Labute approximate surface area is 80.3 Å². The molecule has 70 valence electrons. The Kier molecular flexibility index (Phi) is 2.88. The van der Waals surface area contributed by atoms with E-state index in [1.165, 1.54) is 20.1 Å². The van der Waals surface area contributed by atoms with Crippen LogP contribution < -0.4 is 4.74 Å². The van der Waals surface area contributed by atoms with Gasteiger partial charge in [0, 0.05) is 0 Å². The molecule has 0 N–H and O–H groups in total. The van der Waals surface area contributed by atoms with E-state index >= 15 is 0 Å². The molecule has 1 aromatic carbocycles. The van der Waals surface area contributed by atoms with E-state index in [-0.39, 0.29) is 16.3 Å². The first-order chi connectivity index (χ1) is 6.07. The molecule has 0 aromatic heterocycles. The molecule has 4 heteroatoms. The van der Waals surface area contributed by atoms with E-state index < -0.39 is 11.6 Å². The third-order valence-electron chi connectivity index (χ3n) is 1.61. The number of carbonyl (C=O) groups excluding carboxylic acids is 1. The van der Waals surface area contributed by atoms with Gasteiger partial charge in [-0.15, -0.1) is 0 Å². The molecule has 0 radical (unpaired) electrons. The second-order valence-corrected chi connectivity index (χ2v) is 2.90. The van der Waals surface area contributed by atoms with E-state index in [2.05, 4.69) is 0 Å². The smallest absolute Gasteiger partial charge is 0.166 e. The van der Waals surface area contributed by atoms with Crippen molar-refractivity contribution < 1.29 is 13.9 Å². The van der Waals surface area contributed by atoms with Crippen LogP contribution in [0.25, 0.3) is 0 Å². The van der Waals surface area contributed by atoms with Crippen LogP contribution in [0.1, 0.15) is 17.3 Å². The lowest BCUT2D eigenvalue weighted by Gasteiger charge is -2.07. The van der Waals surface area contributed by atoms with E-state index in [9.17, 15) is 9.18 Å². The van der Waals surface area contributed by atoms with Crippen LogP contribution in [0.2, 0.25) is 5.02 Å². The summed E-state index contributed by atoms with van der Waals surface area (Å²) in [6.45, 7) is 1.26. The summed E-state index contributed by atoms with van der Waals surface area (Å²) in [5, 5.41) is 0.231. The van der Waals surface area contributed by atoms with Crippen molar-refractivity contribution in [1.29, 1.82) is 0 Å². The molecule has 0 amide bonds. The van der Waals surface area contributed by atoms with Gasteiger partial charge in [0.2, 0.25) is 0 Å². The molecular weight excluding hydrogens is 195 g/mol. The van der Waals surface area contributed by atoms with Gasteiger partial charge >= 0.3 is 0 Å². The van der Waals surface area contributed by atoms with Crippen molar-refractivity contribution in [1.82, 2.24) is 0 Å². The van der Waals surface area contributed by atoms with E-state index in [1.54, 1.807) is 0 Å². The van der Waals surface area contributed by atoms with Crippen LogP contribution >= 0.6 is 11.6 Å². The summed E-state index contributed by atoms with van der Waals surface area (Å²) >= 11 is 5.70. The van der Waals surface area contributed by atoms with Crippen molar-refractivity contribution in [2.24, 2.45) is 0 Å². The maximum absolute atomic E-state index is 13.1. The topological polar surface area (TPSA) is 26.3 Å². The maximum atomic E-state index is 13.1. The number of Topliss-reactive ketones (excluding diaryl/α,β-unsaturated/α-hetero) is 1. The zero-order chi connectivity index (χ0) is 10.0. The van der Waals surface area contributed by atoms with Gasteiger partial charge in [-0.05, 0) is 19.1 Å². The number of benzene rings is 1. The van der Waals surface area contributed by atoms with Gasteiger partial charge in [0.1, 0.15) is 5.82 Å². The number of halogens is 2. The summed E-state index contributed by atoms with van der Waals surface area (Å²) in [4.78, 5) is 11.0. The minimum absolute atomic E-state index is 0.0918. The van der Waals surface area contributed by atoms with Crippen molar-refractivity contribution in [3.63, 3.8) is 0 Å². The molecule has 0 spiro atoms. The third-order valence-corrected chi connectivity index (χ3v) is 1.91. The predicted molar refractivity (Wildman–Crippen MR) is 48.0 cm³/mol. The molecule has 0 bridgehead atoms. The molecule has 0 atom stereocenters. The molecule has 13 heavy (non-hydrogen) atoms. The second kappa shape index (κ2) is 3.75. The summed E-state index contributed by atoms with van der Waals surface area (Å²) in [5.41, 5.74) is -0.102. The molecule has 0 unspecified atom stereocenters. The van der Waals surface area contributed by atoms with Crippen LogP contribution in [0.15, 0.2) is 12.1 Å². The third kappa shape index (κ3) is 1.80. The highest BCUT2D eigenvalue weighted by atomic mass is 35.5. The van der Waals surface area contributed by atoms with E-state index in [1.807, 2.05) is 0 Å². The molecule has 0 saturated carbocycles. The molecule has 1 aromatic rings. The standard InChI is InChI=1S/C9H8ClFO2/c1-5(12)8-7(11)4-3-6(10)9(8)13-2/h3-4H,1-2H3. The highest BCUT2D eigenvalue weighted by molar-refractivity contribution is 6.32. The lowest BCUT2D eigenvalue weighted by Crippen LogP contribution is -2.01. The Morgan fingerprint density at radius 3 is 2.54 bits per heavy atom. The van der Waals surface area contributed by atoms with Crippen molar-refractivity contribution >= 4 is 17.4 Å². The monoisotopic (exact) mass is 202 g/mol. The zero-order valence-electron chi connectivity index (χ0n) is 7.23. The van der Waals surface area contributed by atoms with Gasteiger partial charge in [0.25, 0.3) is 0 Å². The molecule has 0 heterocycles. The summed E-state index contributed by atoms with van der Waals surface area (Å²) in [6, 6.07) is 2.49. The van der Waals surface area contributed by atoms with Crippen molar-refractivity contribution in [2.75, 3.05) is 7.11 Å². The SMILES string of the molecule is COc1c(Cl)ccc(F)c1C(C)=O. The molecule has 0 aliphatic rings. The van der Waals surface area contributed by atoms with E-state index in [0.29, 0.717) is 0 Å². The Bertz CT molecular complexity index is 350. The summed E-state index contributed by atoms with van der Waals surface area (Å²) in [7, 11) is 1.34. The Morgan fingerprint density at radius 2 is 2.15 bits per heavy atom. The van der Waals surface area contributed by atoms with Gasteiger partial charge < -0.3 is 4.74 Å². The summed E-state index contributed by atoms with van der Waals surface area (Å²) in [5.74, 6) is -0.931. The number of carbonyl (C=O) groups is 1. The molecular formula is C9H8ClFO2. The van der Waals surface area contributed by atoms with Crippen LogP contribution in [-0.4, -0.2) is 12.9 Å². The lowest BCUT2D eigenvalue weighted by atomic mass is 10.1. The fourth-order valence-electron chi connectivity index (χ4n) is 1.06. The van der Waals surface area contributed by atoms with Gasteiger partial charge in [-0.25, -0.2) is 4.39 Å². The van der Waals surface area contributed by atoms with Crippen LogP contribution in [0.5, 0.6) is 5.75 Å². The number of rotatable bonds is 2. The molecule has 1 rings (SSSR count). The Balaban J connectivity index is 3.43. The molecule has 0 fully saturated rings.